The fraction of sp³-hybridized carbons (Fsp3) is 0.343. The molecule has 3 aliphatic carbocycles. The van der Waals surface area contributed by atoms with E-state index in [0.29, 0.717) is 75.2 Å². The molecule has 426 valence electrons. The predicted octanol–water partition coefficient (Wildman–Crippen LogP) is 16.1. The zero-order chi connectivity index (χ0) is 57.6. The van der Waals surface area contributed by atoms with Crippen LogP contribution in [0.3, 0.4) is 0 Å². The second kappa shape index (κ2) is 25.5. The maximum absolute atomic E-state index is 16.2. The average molecular weight is 1140 g/mol. The van der Waals surface area contributed by atoms with Gasteiger partial charge in [0.05, 0.1) is 40.0 Å². The summed E-state index contributed by atoms with van der Waals surface area (Å²) >= 11 is 1.32. The molecule has 8 aromatic rings. The Labute approximate surface area is 485 Å². The molecule has 3 fully saturated rings. The number of thiazole rings is 1. The molecule has 83 heavy (non-hydrogen) atoms. The van der Waals surface area contributed by atoms with Crippen molar-refractivity contribution in [1.82, 2.24) is 15.0 Å². The number of hydrogen-bond acceptors (Lipinski definition) is 14. The average Bonchev–Trinajstić information content (AvgIpc) is 3.46. The standard InChI is InChI=1S/C67H67F2N7O6S/c1-5-60(77)80-58-30-28-49(32-51(58)37-71-76-67-74-65-64(83-67)40(3)72-41(4)73-65)62-56(68)34-50(35-57(62)69)46-21-16-42(17-22-46)18-31-61(78)82-63-52(38-70-75-53-29-27-43-10-6-7-11-48(43)33-53)36-59(54-12-8-9-13-55(54)63)81-66(79)47-25-23-45(24-26-47)44-19-14-39(2)15-20-44/h5-13,27-30,32-39,42,44-47,75H,1,14-26,31H2,2-4H3,(H,72,73,74,76)/b70-38+,71-37+. The van der Waals surface area contributed by atoms with Crippen molar-refractivity contribution >= 4 is 84.4 Å². The first-order valence-corrected chi connectivity index (χ1v) is 29.8. The van der Waals surface area contributed by atoms with Crippen molar-refractivity contribution < 1.29 is 37.4 Å². The van der Waals surface area contributed by atoms with Crippen LogP contribution in [0.2, 0.25) is 0 Å². The third-order valence-corrected chi connectivity index (χ3v) is 18.2. The Morgan fingerprint density at radius 3 is 2.12 bits per heavy atom. The third kappa shape index (κ3) is 13.3. The monoisotopic (exact) mass is 1140 g/mol. The van der Waals surface area contributed by atoms with E-state index in [4.69, 9.17) is 14.2 Å². The molecular formula is C67H67F2N7O6S. The number of aryl methyl sites for hydroxylation is 2. The van der Waals surface area contributed by atoms with Crippen LogP contribution in [0.1, 0.15) is 131 Å². The summed E-state index contributed by atoms with van der Waals surface area (Å²) in [4.78, 5) is 53.5. The van der Waals surface area contributed by atoms with E-state index in [1.54, 1.807) is 19.2 Å². The number of fused-ring (bicyclic) bond motifs is 3. The van der Waals surface area contributed by atoms with E-state index in [2.05, 4.69) is 55.6 Å². The van der Waals surface area contributed by atoms with Gasteiger partial charge in [0.25, 0.3) is 0 Å². The number of benzene rings is 6. The number of nitrogens with zero attached hydrogens (tertiary/aromatic N) is 5. The summed E-state index contributed by atoms with van der Waals surface area (Å²) in [5.41, 5.74) is 9.43. The normalized spacial score (nSPS) is 20.2. The molecule has 2 N–H and O–H groups in total. The minimum Gasteiger partial charge on any atom is -0.426 e. The van der Waals surface area contributed by atoms with Crippen molar-refractivity contribution in [2.24, 2.45) is 39.8 Å². The molecule has 0 radical (unpaired) electrons. The van der Waals surface area contributed by atoms with Gasteiger partial charge in [-0.15, -0.1) is 0 Å². The number of carbonyl (C=O) groups excluding carboxylic acids is 3. The zero-order valence-electron chi connectivity index (χ0n) is 47.0. The number of aromatic nitrogens is 3. The highest BCUT2D eigenvalue weighted by Crippen LogP contribution is 2.44. The van der Waals surface area contributed by atoms with E-state index in [1.165, 1.54) is 73.6 Å². The van der Waals surface area contributed by atoms with Crippen molar-refractivity contribution in [2.75, 3.05) is 10.9 Å². The summed E-state index contributed by atoms with van der Waals surface area (Å²) in [6, 6.07) is 30.6. The van der Waals surface area contributed by atoms with Crippen LogP contribution in [-0.2, 0) is 14.4 Å². The number of ether oxygens (including phenoxy) is 3. The smallest absolute Gasteiger partial charge is 0.335 e. The summed E-state index contributed by atoms with van der Waals surface area (Å²) in [5.74, 6) is 0.772. The van der Waals surface area contributed by atoms with Crippen molar-refractivity contribution in [3.8, 4) is 28.4 Å². The van der Waals surface area contributed by atoms with Gasteiger partial charge in [-0.1, -0.05) is 98.3 Å². The number of rotatable bonds is 17. The highest BCUT2D eigenvalue weighted by atomic mass is 32.1. The summed E-state index contributed by atoms with van der Waals surface area (Å²) in [5, 5.41) is 12.8. The van der Waals surface area contributed by atoms with Gasteiger partial charge >= 0.3 is 17.9 Å². The van der Waals surface area contributed by atoms with E-state index >= 15 is 8.78 Å². The van der Waals surface area contributed by atoms with Crippen LogP contribution in [0.15, 0.2) is 126 Å². The quantitative estimate of drug-likeness (QED) is 0.0293. The fourth-order valence-electron chi connectivity index (χ4n) is 12.6. The molecular weight excluding hydrogens is 1070 g/mol. The first-order chi connectivity index (χ1) is 40.3. The Kier molecular flexibility index (Phi) is 17.4. The number of hydrazone groups is 2. The van der Waals surface area contributed by atoms with Gasteiger partial charge in [0.1, 0.15) is 34.7 Å². The summed E-state index contributed by atoms with van der Waals surface area (Å²) in [7, 11) is 0. The van der Waals surface area contributed by atoms with Crippen LogP contribution in [0.25, 0.3) is 43.0 Å². The number of esters is 3. The molecule has 3 saturated carbocycles. The van der Waals surface area contributed by atoms with Gasteiger partial charge in [-0.05, 0) is 178 Å². The molecule has 2 aromatic heterocycles. The Morgan fingerprint density at radius 1 is 0.687 bits per heavy atom. The van der Waals surface area contributed by atoms with Crippen LogP contribution in [-0.4, -0.2) is 45.3 Å². The zero-order valence-corrected chi connectivity index (χ0v) is 47.8. The highest BCUT2D eigenvalue weighted by molar-refractivity contribution is 7.22. The van der Waals surface area contributed by atoms with Gasteiger partial charge in [-0.25, -0.2) is 23.5 Å². The maximum Gasteiger partial charge on any atom is 0.335 e. The van der Waals surface area contributed by atoms with E-state index in [1.807, 2.05) is 67.6 Å². The summed E-state index contributed by atoms with van der Waals surface area (Å²) in [6.07, 6.45) is 16.5. The topological polar surface area (TPSA) is 166 Å². The van der Waals surface area contributed by atoms with Crippen molar-refractivity contribution in [3.05, 3.63) is 156 Å². The fourth-order valence-corrected chi connectivity index (χ4v) is 13.4. The van der Waals surface area contributed by atoms with Crippen LogP contribution >= 0.6 is 11.3 Å². The molecule has 11 rings (SSSR count). The van der Waals surface area contributed by atoms with Gasteiger partial charge < -0.3 is 14.2 Å². The Morgan fingerprint density at radius 2 is 1.37 bits per heavy atom. The Hall–Kier alpha value is -8.24. The molecule has 16 heteroatoms. The molecule has 0 bridgehead atoms. The highest BCUT2D eigenvalue weighted by Gasteiger charge is 2.34. The predicted molar refractivity (Wildman–Crippen MR) is 324 cm³/mol. The van der Waals surface area contributed by atoms with Crippen molar-refractivity contribution in [1.29, 1.82) is 0 Å². The second-order valence-corrected chi connectivity index (χ2v) is 23.7. The van der Waals surface area contributed by atoms with Crippen molar-refractivity contribution in [3.63, 3.8) is 0 Å². The lowest BCUT2D eigenvalue weighted by Crippen LogP contribution is -2.30. The molecule has 3 aliphatic rings. The Balaban J connectivity index is 0.748. The number of hydrogen-bond donors (Lipinski definition) is 2. The lowest BCUT2D eigenvalue weighted by Gasteiger charge is -2.36. The van der Waals surface area contributed by atoms with E-state index in [0.717, 1.165) is 83.3 Å². The number of halogens is 2. The lowest BCUT2D eigenvalue weighted by molar-refractivity contribution is -0.140. The van der Waals surface area contributed by atoms with Crippen LogP contribution < -0.4 is 25.1 Å². The SMILES string of the molecule is C=CC(=O)Oc1ccc(-c2c(F)cc(C3CCC(CCC(=O)Oc4c(/C=N/Nc5ccc6ccccc6c5)cc(OC(=O)C5CCC(C6CCC(C)CC6)CC5)c5ccccc45)CC3)cc2F)cc1/C=N/Nc1nc2nc(C)nc(C)c2s1. The van der Waals surface area contributed by atoms with Gasteiger partial charge in [-0.3, -0.25) is 20.4 Å². The first-order valence-electron chi connectivity index (χ1n) is 29.0. The largest absolute Gasteiger partial charge is 0.426 e. The Bertz CT molecular complexity index is 3780. The summed E-state index contributed by atoms with van der Waals surface area (Å²) in [6.45, 7) is 9.50. The van der Waals surface area contributed by atoms with Gasteiger partial charge in [0.15, 0.2) is 5.65 Å². The molecule has 0 aliphatic heterocycles. The number of anilines is 2. The molecule has 0 atom stereocenters. The second-order valence-electron chi connectivity index (χ2n) is 22.7. The van der Waals surface area contributed by atoms with E-state index in [-0.39, 0.29) is 52.6 Å². The van der Waals surface area contributed by atoms with Gasteiger partial charge in [-0.2, -0.15) is 15.2 Å². The van der Waals surface area contributed by atoms with Crippen LogP contribution in [0.5, 0.6) is 17.2 Å². The van der Waals surface area contributed by atoms with Gasteiger partial charge in [0.2, 0.25) is 5.13 Å². The summed E-state index contributed by atoms with van der Waals surface area (Å²) < 4.78 is 51.3. The lowest BCUT2D eigenvalue weighted by atomic mass is 9.69. The van der Waals surface area contributed by atoms with E-state index < -0.39 is 23.6 Å². The third-order valence-electron chi connectivity index (χ3n) is 17.1. The molecule has 13 nitrogen and oxygen atoms in total. The molecule has 0 spiro atoms. The van der Waals surface area contributed by atoms with Crippen molar-refractivity contribution in [2.45, 2.75) is 117 Å². The number of carbonyl (C=O) groups is 3. The van der Waals surface area contributed by atoms with Crippen LogP contribution in [0.4, 0.5) is 19.6 Å². The minimum atomic E-state index is -0.725. The van der Waals surface area contributed by atoms with Crippen LogP contribution in [0, 0.1) is 55.1 Å². The van der Waals surface area contributed by atoms with E-state index in [9.17, 15) is 14.4 Å². The van der Waals surface area contributed by atoms with Gasteiger partial charge in [0, 0.05) is 34.4 Å². The molecule has 2 heterocycles. The molecule has 0 unspecified atom stereocenters. The minimum absolute atomic E-state index is 0.0865. The molecule has 0 amide bonds. The first kappa shape index (κ1) is 56.6. The maximum atomic E-state index is 16.2. The number of nitrogens with one attached hydrogen (secondary N) is 2. The molecule has 0 saturated heterocycles. The molecule has 6 aromatic carbocycles.